The number of ether oxygens (including phenoxy) is 2. The van der Waals surface area contributed by atoms with E-state index in [1.807, 2.05) is 35.2 Å². The number of carbonyl (C=O) groups is 1. The number of methoxy groups -OCH3 is 2. The quantitative estimate of drug-likeness (QED) is 0.359. The minimum Gasteiger partial charge on any atom is -0.497 e. The van der Waals surface area contributed by atoms with Gasteiger partial charge in [-0.05, 0) is 59.5 Å². The van der Waals surface area contributed by atoms with Crippen LogP contribution in [0.3, 0.4) is 0 Å². The highest BCUT2D eigenvalue weighted by molar-refractivity contribution is 7.89. The maximum atomic E-state index is 13.5. The van der Waals surface area contributed by atoms with Crippen LogP contribution in [-0.2, 0) is 20.2 Å². The third kappa shape index (κ3) is 5.81. The molecule has 5 rings (SSSR count). The minimum absolute atomic E-state index is 0.137. The number of sulfonamides is 1. The van der Waals surface area contributed by atoms with Crippen LogP contribution in [0.4, 0.5) is 5.69 Å². The van der Waals surface area contributed by atoms with Gasteiger partial charge < -0.3 is 19.3 Å². The van der Waals surface area contributed by atoms with E-state index in [0.717, 1.165) is 34.9 Å². The Labute approximate surface area is 249 Å². The number of halogens is 3. The number of fused-ring (bicyclic) bond motifs is 1. The number of nitrogens with zero attached hydrogens (tertiary/aromatic N) is 2. The highest BCUT2D eigenvalue weighted by atomic mass is 35.6. The summed E-state index contributed by atoms with van der Waals surface area (Å²) in [4.78, 5) is 15.9. The third-order valence-corrected chi connectivity index (χ3v) is 9.61. The lowest BCUT2D eigenvalue weighted by molar-refractivity contribution is -0.130. The number of piperazine rings is 1. The zero-order valence-electron chi connectivity index (χ0n) is 22.1. The van der Waals surface area contributed by atoms with Crippen molar-refractivity contribution in [2.45, 2.75) is 26.9 Å². The second kappa shape index (κ2) is 11.1. The van der Waals surface area contributed by atoms with Gasteiger partial charge in [0.1, 0.15) is 11.5 Å². The number of amides is 1. The van der Waals surface area contributed by atoms with Crippen LogP contribution in [0, 0.1) is 0 Å². The van der Waals surface area contributed by atoms with Gasteiger partial charge in [-0.1, -0.05) is 59.1 Å². The Balaban J connectivity index is 1.34. The Kier molecular flexibility index (Phi) is 8.07. The first-order valence-electron chi connectivity index (χ1n) is 12.8. The number of rotatable bonds is 8. The van der Waals surface area contributed by atoms with Gasteiger partial charge in [0.2, 0.25) is 10.0 Å². The van der Waals surface area contributed by atoms with Crippen molar-refractivity contribution in [3.63, 3.8) is 0 Å². The van der Waals surface area contributed by atoms with Crippen LogP contribution in [0.25, 0.3) is 10.8 Å². The third-order valence-electron chi connectivity index (χ3n) is 7.73. The molecule has 12 heteroatoms. The molecule has 1 aliphatic carbocycles. The number of alkyl halides is 3. The molecule has 2 fully saturated rings. The molecule has 214 valence electrons. The number of carbonyl (C=O) groups excluding carboxylic acids is 1. The van der Waals surface area contributed by atoms with Crippen molar-refractivity contribution < 1.29 is 22.7 Å². The Morgan fingerprint density at radius 1 is 0.975 bits per heavy atom. The summed E-state index contributed by atoms with van der Waals surface area (Å²) in [6.07, 6.45) is 1.77. The number of anilines is 1. The summed E-state index contributed by atoms with van der Waals surface area (Å²) in [7, 11) is -0.663. The standard InChI is InChI=1S/C28H30Cl3N3O5S/c1-38-20-7-6-19-4-3-5-23(22(19)16-20)27(10-11-27)18-32-40(36,37)21-8-9-25(39-2)24(17-21)33-12-14-34(15-13-33)26(35)28(29,30)31/h3-9,16-17,32H,10-15,18H2,1-2H3. The van der Waals surface area contributed by atoms with Crippen LogP contribution in [0.1, 0.15) is 18.4 Å². The molecule has 1 N–H and O–H groups in total. The average Bonchev–Trinajstić information content (AvgIpc) is 3.75. The Morgan fingerprint density at radius 3 is 2.33 bits per heavy atom. The van der Waals surface area contributed by atoms with Gasteiger partial charge in [-0.15, -0.1) is 0 Å². The Bertz CT molecular complexity index is 1530. The molecule has 0 spiro atoms. The largest absolute Gasteiger partial charge is 0.497 e. The molecule has 0 aromatic heterocycles. The topological polar surface area (TPSA) is 88.2 Å². The van der Waals surface area contributed by atoms with Crippen LogP contribution < -0.4 is 19.1 Å². The van der Waals surface area contributed by atoms with Crippen molar-refractivity contribution in [2.75, 3.05) is 51.8 Å². The average molecular weight is 627 g/mol. The van der Waals surface area contributed by atoms with Crippen molar-refractivity contribution in [3.8, 4) is 11.5 Å². The number of nitrogens with one attached hydrogen (secondary N) is 1. The lowest BCUT2D eigenvalue weighted by Crippen LogP contribution is -2.51. The number of hydrogen-bond acceptors (Lipinski definition) is 6. The molecule has 0 atom stereocenters. The lowest BCUT2D eigenvalue weighted by Gasteiger charge is -2.37. The maximum absolute atomic E-state index is 13.5. The van der Waals surface area contributed by atoms with E-state index in [4.69, 9.17) is 44.3 Å². The molecule has 40 heavy (non-hydrogen) atoms. The van der Waals surface area contributed by atoms with Crippen molar-refractivity contribution in [1.82, 2.24) is 9.62 Å². The second-order valence-corrected chi connectivity index (χ2v) is 14.2. The van der Waals surface area contributed by atoms with Crippen LogP contribution >= 0.6 is 34.8 Å². The van der Waals surface area contributed by atoms with Gasteiger partial charge in [0.25, 0.3) is 9.70 Å². The monoisotopic (exact) mass is 625 g/mol. The Morgan fingerprint density at radius 2 is 1.70 bits per heavy atom. The van der Waals surface area contributed by atoms with E-state index >= 15 is 0 Å². The second-order valence-electron chi connectivity index (χ2n) is 10.1. The molecule has 1 amide bonds. The highest BCUT2D eigenvalue weighted by Gasteiger charge is 2.46. The van der Waals surface area contributed by atoms with Gasteiger partial charge >= 0.3 is 0 Å². The van der Waals surface area contributed by atoms with Gasteiger partial charge in [0.05, 0.1) is 24.8 Å². The SMILES string of the molecule is COc1ccc2cccc(C3(CNS(=O)(=O)c4ccc(OC)c(N5CCN(C(=O)C(Cl)(Cl)Cl)CC5)c4)CC3)c2c1. The van der Waals surface area contributed by atoms with Gasteiger partial charge in [0, 0.05) is 38.1 Å². The number of benzene rings is 3. The maximum Gasteiger partial charge on any atom is 0.274 e. The zero-order chi connectivity index (χ0) is 28.7. The predicted molar refractivity (Wildman–Crippen MR) is 159 cm³/mol. The van der Waals surface area contributed by atoms with Crippen molar-refractivity contribution in [2.24, 2.45) is 0 Å². The Hall–Kier alpha value is -2.43. The molecule has 1 saturated heterocycles. The first kappa shape index (κ1) is 29.1. The molecule has 0 bridgehead atoms. The molecule has 1 heterocycles. The van der Waals surface area contributed by atoms with Crippen LogP contribution in [0.2, 0.25) is 0 Å². The molecular formula is C28H30Cl3N3O5S. The molecule has 0 radical (unpaired) electrons. The zero-order valence-corrected chi connectivity index (χ0v) is 25.2. The van der Waals surface area contributed by atoms with E-state index in [-0.39, 0.29) is 16.9 Å². The van der Waals surface area contributed by atoms with Crippen LogP contribution in [-0.4, -0.2) is 70.0 Å². The van der Waals surface area contributed by atoms with Crippen molar-refractivity contribution in [3.05, 3.63) is 60.2 Å². The van der Waals surface area contributed by atoms with E-state index in [9.17, 15) is 13.2 Å². The predicted octanol–water partition coefficient (Wildman–Crippen LogP) is 4.89. The van der Waals surface area contributed by atoms with E-state index in [1.54, 1.807) is 19.2 Å². The molecule has 2 aliphatic rings. The molecule has 3 aromatic carbocycles. The van der Waals surface area contributed by atoms with E-state index in [1.165, 1.54) is 18.1 Å². The van der Waals surface area contributed by atoms with Crippen molar-refractivity contribution in [1.29, 1.82) is 0 Å². The molecular weight excluding hydrogens is 597 g/mol. The van der Waals surface area contributed by atoms with Crippen LogP contribution in [0.5, 0.6) is 11.5 Å². The minimum atomic E-state index is -3.83. The first-order chi connectivity index (χ1) is 19.0. The van der Waals surface area contributed by atoms with Crippen molar-refractivity contribution >= 4 is 67.2 Å². The summed E-state index contributed by atoms with van der Waals surface area (Å²) < 4.78 is 38.8. The van der Waals surface area contributed by atoms with Gasteiger partial charge in [-0.3, -0.25) is 4.79 Å². The van der Waals surface area contributed by atoms with Crippen LogP contribution in [0.15, 0.2) is 59.5 Å². The normalized spacial score (nSPS) is 17.1. The summed E-state index contributed by atoms with van der Waals surface area (Å²) in [5.41, 5.74) is 1.46. The fourth-order valence-electron chi connectivity index (χ4n) is 5.26. The summed E-state index contributed by atoms with van der Waals surface area (Å²) in [5.74, 6) is 0.714. The fourth-order valence-corrected chi connectivity index (χ4v) is 6.77. The van der Waals surface area contributed by atoms with E-state index in [2.05, 4.69) is 10.8 Å². The smallest absolute Gasteiger partial charge is 0.274 e. The lowest BCUT2D eigenvalue weighted by atomic mass is 9.91. The van der Waals surface area contributed by atoms with Gasteiger partial charge in [-0.2, -0.15) is 0 Å². The molecule has 1 saturated carbocycles. The van der Waals surface area contributed by atoms with E-state index in [0.29, 0.717) is 37.6 Å². The molecule has 1 aliphatic heterocycles. The van der Waals surface area contributed by atoms with Gasteiger partial charge in [-0.25, -0.2) is 13.1 Å². The fraction of sp³-hybridized carbons (Fsp3) is 0.393. The number of hydrogen-bond donors (Lipinski definition) is 1. The summed E-state index contributed by atoms with van der Waals surface area (Å²) in [5, 5.41) is 2.15. The van der Waals surface area contributed by atoms with Gasteiger partial charge in [0.15, 0.2) is 0 Å². The molecule has 3 aromatic rings. The summed E-state index contributed by atoms with van der Waals surface area (Å²) in [6, 6.07) is 16.9. The van der Waals surface area contributed by atoms with E-state index < -0.39 is 19.7 Å². The summed E-state index contributed by atoms with van der Waals surface area (Å²) >= 11 is 17.3. The molecule has 8 nitrogen and oxygen atoms in total. The summed E-state index contributed by atoms with van der Waals surface area (Å²) in [6.45, 7) is 1.78. The first-order valence-corrected chi connectivity index (χ1v) is 15.5. The highest BCUT2D eigenvalue weighted by Crippen LogP contribution is 2.50. The molecule has 0 unspecified atom stereocenters.